The Morgan fingerprint density at radius 2 is 2.15 bits per heavy atom. The second kappa shape index (κ2) is 5.95. The van der Waals surface area contributed by atoms with Gasteiger partial charge in [0, 0.05) is 12.7 Å². The Hall–Kier alpha value is -2.71. The fourth-order valence-electron chi connectivity index (χ4n) is 1.58. The number of carboxylic acid groups (broad SMARTS) is 1. The van der Waals surface area contributed by atoms with Crippen LogP contribution >= 0.6 is 0 Å². The molecule has 0 radical (unpaired) electrons. The number of nitrogens with zero attached hydrogens (tertiary/aromatic N) is 5. The number of rotatable bonds is 6. The number of aromatic carboxylic acids is 1. The van der Waals surface area contributed by atoms with Crippen molar-refractivity contribution in [1.82, 2.24) is 30.1 Å². The zero-order valence-corrected chi connectivity index (χ0v) is 10.9. The molecule has 0 aliphatic heterocycles. The number of aryl methyl sites for hydroxylation is 1. The maximum Gasteiger partial charge on any atom is 0.358 e. The van der Waals surface area contributed by atoms with Crippen molar-refractivity contribution in [3.05, 3.63) is 29.8 Å². The van der Waals surface area contributed by atoms with Crippen LogP contribution in [-0.2, 0) is 17.9 Å². The molecule has 106 valence electrons. The molecule has 0 bridgehead atoms. The van der Waals surface area contributed by atoms with E-state index < -0.39 is 5.97 Å². The Morgan fingerprint density at radius 1 is 1.35 bits per heavy atom. The lowest BCUT2D eigenvalue weighted by molar-refractivity contribution is -0.121. The quantitative estimate of drug-likeness (QED) is 0.722. The third-order valence-electron chi connectivity index (χ3n) is 2.49. The number of carboxylic acids is 1. The third-order valence-corrected chi connectivity index (χ3v) is 2.49. The zero-order valence-electron chi connectivity index (χ0n) is 10.9. The van der Waals surface area contributed by atoms with Gasteiger partial charge >= 0.3 is 5.97 Å². The summed E-state index contributed by atoms with van der Waals surface area (Å²) in [6.45, 7) is 2.86. The number of amides is 1. The van der Waals surface area contributed by atoms with Gasteiger partial charge in [0.25, 0.3) is 0 Å². The molecule has 0 saturated heterocycles. The second-order valence-corrected chi connectivity index (χ2v) is 4.24. The van der Waals surface area contributed by atoms with Crippen LogP contribution < -0.4 is 5.32 Å². The monoisotopic (exact) mass is 278 g/mol. The van der Waals surface area contributed by atoms with Crippen LogP contribution in [-0.4, -0.2) is 48.3 Å². The SMILES string of the molecule is Cc1cnn(CCNC(=O)Cn2cc(C(=O)O)nn2)c1. The van der Waals surface area contributed by atoms with Gasteiger partial charge in [0.1, 0.15) is 6.54 Å². The number of hydrogen-bond donors (Lipinski definition) is 2. The molecule has 0 saturated carbocycles. The summed E-state index contributed by atoms with van der Waals surface area (Å²) >= 11 is 0. The first-order valence-corrected chi connectivity index (χ1v) is 5.94. The molecule has 0 unspecified atom stereocenters. The van der Waals surface area contributed by atoms with Gasteiger partial charge in [-0.25, -0.2) is 9.48 Å². The van der Waals surface area contributed by atoms with Gasteiger partial charge < -0.3 is 10.4 Å². The maximum atomic E-state index is 11.6. The molecule has 0 fully saturated rings. The van der Waals surface area contributed by atoms with Crippen LogP contribution in [0.4, 0.5) is 0 Å². The largest absolute Gasteiger partial charge is 0.476 e. The Balaban J connectivity index is 1.76. The minimum atomic E-state index is -1.18. The first-order chi connectivity index (χ1) is 9.54. The van der Waals surface area contributed by atoms with Crippen molar-refractivity contribution in [3.63, 3.8) is 0 Å². The Kier molecular flexibility index (Phi) is 4.08. The summed E-state index contributed by atoms with van der Waals surface area (Å²) in [5.74, 6) is -1.44. The first kappa shape index (κ1) is 13.7. The summed E-state index contributed by atoms with van der Waals surface area (Å²) in [6.07, 6.45) is 4.83. The number of carbonyl (C=O) groups is 2. The average molecular weight is 278 g/mol. The molecule has 2 N–H and O–H groups in total. The van der Waals surface area contributed by atoms with Crippen molar-refractivity contribution in [2.75, 3.05) is 6.54 Å². The first-order valence-electron chi connectivity index (χ1n) is 5.94. The van der Waals surface area contributed by atoms with E-state index in [4.69, 9.17) is 5.11 Å². The van der Waals surface area contributed by atoms with Crippen molar-refractivity contribution in [1.29, 1.82) is 0 Å². The summed E-state index contributed by atoms with van der Waals surface area (Å²) in [4.78, 5) is 22.2. The fourth-order valence-corrected chi connectivity index (χ4v) is 1.58. The molecule has 0 aromatic carbocycles. The molecule has 2 rings (SSSR count). The van der Waals surface area contributed by atoms with Crippen molar-refractivity contribution in [2.24, 2.45) is 0 Å². The van der Waals surface area contributed by atoms with Crippen LogP contribution in [0.2, 0.25) is 0 Å². The van der Waals surface area contributed by atoms with E-state index >= 15 is 0 Å². The lowest BCUT2D eigenvalue weighted by Crippen LogP contribution is -2.30. The fraction of sp³-hybridized carbons (Fsp3) is 0.364. The summed E-state index contributed by atoms with van der Waals surface area (Å²) in [6, 6.07) is 0. The van der Waals surface area contributed by atoms with Crippen LogP contribution in [0.5, 0.6) is 0 Å². The molecule has 1 amide bonds. The van der Waals surface area contributed by atoms with Gasteiger partial charge in [-0.1, -0.05) is 5.21 Å². The van der Waals surface area contributed by atoms with Gasteiger partial charge in [0.15, 0.2) is 5.69 Å². The number of aromatic nitrogens is 5. The minimum absolute atomic E-state index is 0.0710. The molecule has 0 atom stereocenters. The maximum absolute atomic E-state index is 11.6. The molecule has 2 aromatic rings. The van der Waals surface area contributed by atoms with E-state index in [9.17, 15) is 9.59 Å². The van der Waals surface area contributed by atoms with E-state index in [-0.39, 0.29) is 18.1 Å². The molecule has 9 nitrogen and oxygen atoms in total. The predicted molar refractivity (Wildman–Crippen MR) is 67.0 cm³/mol. The Bertz CT molecular complexity index is 617. The topological polar surface area (TPSA) is 115 Å². The molecule has 0 spiro atoms. The van der Waals surface area contributed by atoms with Crippen molar-refractivity contribution in [3.8, 4) is 0 Å². The highest BCUT2D eigenvalue weighted by atomic mass is 16.4. The summed E-state index contributed by atoms with van der Waals surface area (Å²) in [7, 11) is 0. The Morgan fingerprint density at radius 3 is 2.75 bits per heavy atom. The standard InChI is InChI=1S/C11H14N6O3/c1-8-4-13-16(5-8)3-2-12-10(18)7-17-6-9(11(19)20)14-15-17/h4-6H,2-3,7H2,1H3,(H,12,18)(H,19,20). The predicted octanol–water partition coefficient (Wildman–Crippen LogP) is -0.702. The van der Waals surface area contributed by atoms with E-state index in [1.165, 1.54) is 10.9 Å². The highest BCUT2D eigenvalue weighted by Gasteiger charge is 2.10. The number of carbonyl (C=O) groups excluding carboxylic acids is 1. The summed E-state index contributed by atoms with van der Waals surface area (Å²) < 4.78 is 2.91. The smallest absolute Gasteiger partial charge is 0.358 e. The van der Waals surface area contributed by atoms with Crippen molar-refractivity contribution < 1.29 is 14.7 Å². The molecule has 20 heavy (non-hydrogen) atoms. The number of nitrogens with one attached hydrogen (secondary N) is 1. The molecule has 2 heterocycles. The molecule has 0 aliphatic rings. The van der Waals surface area contributed by atoms with Crippen LogP contribution in [0.25, 0.3) is 0 Å². The Labute approximate surface area is 114 Å². The van der Waals surface area contributed by atoms with Crippen LogP contribution in [0, 0.1) is 6.92 Å². The molecule has 2 aromatic heterocycles. The van der Waals surface area contributed by atoms with E-state index in [0.717, 1.165) is 5.56 Å². The lowest BCUT2D eigenvalue weighted by atomic mass is 10.4. The van der Waals surface area contributed by atoms with Gasteiger partial charge in [0.05, 0.1) is 18.9 Å². The van der Waals surface area contributed by atoms with Gasteiger partial charge in [-0.15, -0.1) is 5.10 Å². The summed E-state index contributed by atoms with van der Waals surface area (Å²) in [5, 5.41) is 22.4. The average Bonchev–Trinajstić information content (AvgIpc) is 2.99. The second-order valence-electron chi connectivity index (χ2n) is 4.24. The number of hydrogen-bond acceptors (Lipinski definition) is 5. The van der Waals surface area contributed by atoms with Crippen LogP contribution in [0.3, 0.4) is 0 Å². The van der Waals surface area contributed by atoms with E-state index in [1.54, 1.807) is 10.9 Å². The van der Waals surface area contributed by atoms with Gasteiger partial charge in [-0.3, -0.25) is 9.48 Å². The molecule has 9 heteroatoms. The molecular formula is C11H14N6O3. The van der Waals surface area contributed by atoms with Gasteiger partial charge in [-0.05, 0) is 12.5 Å². The minimum Gasteiger partial charge on any atom is -0.476 e. The third kappa shape index (κ3) is 3.64. The van der Waals surface area contributed by atoms with E-state index in [1.807, 2.05) is 13.1 Å². The molecular weight excluding hydrogens is 264 g/mol. The zero-order chi connectivity index (χ0) is 14.5. The van der Waals surface area contributed by atoms with Gasteiger partial charge in [0.2, 0.25) is 5.91 Å². The molecule has 0 aliphatic carbocycles. The highest BCUT2D eigenvalue weighted by molar-refractivity contribution is 5.84. The van der Waals surface area contributed by atoms with E-state index in [0.29, 0.717) is 13.1 Å². The van der Waals surface area contributed by atoms with Crippen LogP contribution in [0.15, 0.2) is 18.6 Å². The lowest BCUT2D eigenvalue weighted by Gasteiger charge is -2.05. The van der Waals surface area contributed by atoms with Crippen LogP contribution in [0.1, 0.15) is 16.1 Å². The van der Waals surface area contributed by atoms with Gasteiger partial charge in [-0.2, -0.15) is 5.10 Å². The normalized spacial score (nSPS) is 10.4. The summed E-state index contributed by atoms with van der Waals surface area (Å²) in [5.41, 5.74) is 0.866. The van der Waals surface area contributed by atoms with E-state index in [2.05, 4.69) is 20.7 Å². The van der Waals surface area contributed by atoms with Crippen molar-refractivity contribution in [2.45, 2.75) is 20.0 Å². The van der Waals surface area contributed by atoms with Crippen molar-refractivity contribution >= 4 is 11.9 Å². The highest BCUT2D eigenvalue weighted by Crippen LogP contribution is 1.94.